The van der Waals surface area contributed by atoms with E-state index in [0.717, 1.165) is 0 Å². The predicted molar refractivity (Wildman–Crippen MR) is 72.4 cm³/mol. The Hall–Kier alpha value is -1.67. The third kappa shape index (κ3) is 4.96. The summed E-state index contributed by atoms with van der Waals surface area (Å²) in [5.74, 6) is -2.11. The zero-order valence-corrected chi connectivity index (χ0v) is 13.1. The SMILES string of the molecule is CCC1C(OC(C)=O)C(O)OC(COC(C)=O)C1OC(C)=O. The Kier molecular flexibility index (Phi) is 6.76. The van der Waals surface area contributed by atoms with Crippen molar-refractivity contribution in [2.75, 3.05) is 6.61 Å². The molecule has 0 aromatic carbocycles. The average molecular weight is 318 g/mol. The summed E-state index contributed by atoms with van der Waals surface area (Å²) < 4.78 is 20.5. The van der Waals surface area contributed by atoms with E-state index in [4.69, 9.17) is 18.9 Å². The molecule has 0 saturated carbocycles. The van der Waals surface area contributed by atoms with Crippen LogP contribution in [0, 0.1) is 5.92 Å². The first-order chi connectivity index (χ1) is 10.3. The summed E-state index contributed by atoms with van der Waals surface area (Å²) in [6.45, 7) is 5.32. The van der Waals surface area contributed by atoms with Crippen LogP contribution in [0.3, 0.4) is 0 Å². The molecule has 0 aromatic heterocycles. The van der Waals surface area contributed by atoms with Gasteiger partial charge in [-0.25, -0.2) is 0 Å². The van der Waals surface area contributed by atoms with E-state index in [1.165, 1.54) is 20.8 Å². The van der Waals surface area contributed by atoms with E-state index in [1.807, 2.05) is 0 Å². The smallest absolute Gasteiger partial charge is 0.303 e. The first-order valence-electron chi connectivity index (χ1n) is 7.07. The third-order valence-corrected chi connectivity index (χ3v) is 3.33. The summed E-state index contributed by atoms with van der Waals surface area (Å²) in [4.78, 5) is 33.4. The van der Waals surface area contributed by atoms with Gasteiger partial charge in [0, 0.05) is 26.7 Å². The van der Waals surface area contributed by atoms with Crippen molar-refractivity contribution in [3.8, 4) is 0 Å². The minimum atomic E-state index is -1.39. The topological polar surface area (TPSA) is 108 Å². The molecule has 1 aliphatic heterocycles. The maximum absolute atomic E-state index is 11.3. The van der Waals surface area contributed by atoms with Crippen LogP contribution in [0.2, 0.25) is 0 Å². The Labute approximate surface area is 128 Å². The van der Waals surface area contributed by atoms with Gasteiger partial charge in [0.25, 0.3) is 0 Å². The second-order valence-electron chi connectivity index (χ2n) is 5.09. The van der Waals surface area contributed by atoms with Crippen molar-refractivity contribution in [2.45, 2.75) is 58.7 Å². The summed E-state index contributed by atoms with van der Waals surface area (Å²) in [6, 6.07) is 0. The van der Waals surface area contributed by atoms with E-state index in [-0.39, 0.29) is 6.61 Å². The number of aliphatic hydroxyl groups excluding tert-OH is 1. The van der Waals surface area contributed by atoms with Crippen LogP contribution >= 0.6 is 0 Å². The molecule has 1 aliphatic rings. The van der Waals surface area contributed by atoms with Crippen LogP contribution in [0.25, 0.3) is 0 Å². The molecule has 5 atom stereocenters. The zero-order valence-electron chi connectivity index (χ0n) is 13.1. The summed E-state index contributed by atoms with van der Waals surface area (Å²) in [7, 11) is 0. The van der Waals surface area contributed by atoms with E-state index in [2.05, 4.69) is 0 Å². The summed E-state index contributed by atoms with van der Waals surface area (Å²) >= 11 is 0. The van der Waals surface area contributed by atoms with Gasteiger partial charge in [0.05, 0.1) is 0 Å². The Balaban J connectivity index is 2.96. The number of hydrogen-bond donors (Lipinski definition) is 1. The minimum Gasteiger partial charge on any atom is -0.463 e. The van der Waals surface area contributed by atoms with E-state index in [1.54, 1.807) is 6.92 Å². The highest BCUT2D eigenvalue weighted by atomic mass is 16.7. The normalized spacial score (nSPS) is 31.2. The van der Waals surface area contributed by atoms with Crippen molar-refractivity contribution in [3.63, 3.8) is 0 Å². The molecule has 1 fully saturated rings. The van der Waals surface area contributed by atoms with E-state index < -0.39 is 48.4 Å². The summed E-state index contributed by atoms with van der Waals surface area (Å²) in [5, 5.41) is 10.0. The van der Waals surface area contributed by atoms with Crippen LogP contribution in [0.5, 0.6) is 0 Å². The molecular formula is C14H22O8. The van der Waals surface area contributed by atoms with E-state index in [0.29, 0.717) is 6.42 Å². The van der Waals surface area contributed by atoms with Crippen LogP contribution in [0.1, 0.15) is 34.1 Å². The summed E-state index contributed by atoms with van der Waals surface area (Å²) in [5.41, 5.74) is 0. The van der Waals surface area contributed by atoms with E-state index >= 15 is 0 Å². The number of ether oxygens (including phenoxy) is 4. The maximum Gasteiger partial charge on any atom is 0.303 e. The fraction of sp³-hybridized carbons (Fsp3) is 0.786. The Morgan fingerprint density at radius 2 is 1.55 bits per heavy atom. The van der Waals surface area contributed by atoms with Gasteiger partial charge in [-0.05, 0) is 6.42 Å². The molecule has 1 rings (SSSR count). The Bertz CT molecular complexity index is 421. The summed E-state index contributed by atoms with van der Waals surface area (Å²) in [6.07, 6.45) is -3.51. The lowest BCUT2D eigenvalue weighted by Gasteiger charge is -2.43. The molecule has 1 heterocycles. The molecule has 0 aromatic rings. The molecule has 0 amide bonds. The molecule has 0 radical (unpaired) electrons. The maximum atomic E-state index is 11.3. The first-order valence-corrected chi connectivity index (χ1v) is 7.07. The molecule has 1 N–H and O–H groups in total. The van der Waals surface area contributed by atoms with Gasteiger partial charge in [-0.15, -0.1) is 0 Å². The molecular weight excluding hydrogens is 296 g/mol. The molecule has 0 spiro atoms. The number of carbonyl (C=O) groups is 3. The fourth-order valence-corrected chi connectivity index (χ4v) is 2.50. The highest BCUT2D eigenvalue weighted by Gasteiger charge is 2.48. The van der Waals surface area contributed by atoms with Gasteiger partial charge in [-0.2, -0.15) is 0 Å². The van der Waals surface area contributed by atoms with Gasteiger partial charge in [-0.3, -0.25) is 14.4 Å². The highest BCUT2D eigenvalue weighted by molar-refractivity contribution is 5.67. The lowest BCUT2D eigenvalue weighted by molar-refractivity contribution is -0.282. The van der Waals surface area contributed by atoms with Gasteiger partial charge in [-0.1, -0.05) is 6.92 Å². The lowest BCUT2D eigenvalue weighted by Crippen LogP contribution is -2.57. The van der Waals surface area contributed by atoms with E-state index in [9.17, 15) is 19.5 Å². The number of rotatable bonds is 5. The number of carbonyl (C=O) groups excluding carboxylic acids is 3. The van der Waals surface area contributed by atoms with Crippen LogP contribution in [0.15, 0.2) is 0 Å². The van der Waals surface area contributed by atoms with Gasteiger partial charge >= 0.3 is 17.9 Å². The van der Waals surface area contributed by atoms with Gasteiger partial charge in [0.1, 0.15) is 18.8 Å². The third-order valence-electron chi connectivity index (χ3n) is 3.33. The average Bonchev–Trinajstić information content (AvgIpc) is 2.39. The highest BCUT2D eigenvalue weighted by Crippen LogP contribution is 2.32. The molecule has 8 heteroatoms. The van der Waals surface area contributed by atoms with Crippen molar-refractivity contribution in [1.82, 2.24) is 0 Å². The monoisotopic (exact) mass is 318 g/mol. The minimum absolute atomic E-state index is 0.173. The molecule has 0 aliphatic carbocycles. The number of esters is 3. The predicted octanol–water partition coefficient (Wildman–Crippen LogP) is 0.156. The second-order valence-corrected chi connectivity index (χ2v) is 5.09. The second kappa shape index (κ2) is 8.09. The van der Waals surface area contributed by atoms with Crippen molar-refractivity contribution in [2.24, 2.45) is 5.92 Å². The molecule has 126 valence electrons. The van der Waals surface area contributed by atoms with Crippen LogP contribution < -0.4 is 0 Å². The molecule has 8 nitrogen and oxygen atoms in total. The van der Waals surface area contributed by atoms with Crippen molar-refractivity contribution in [1.29, 1.82) is 0 Å². The van der Waals surface area contributed by atoms with Gasteiger partial charge < -0.3 is 24.1 Å². The van der Waals surface area contributed by atoms with Crippen molar-refractivity contribution >= 4 is 17.9 Å². The number of hydrogen-bond acceptors (Lipinski definition) is 8. The molecule has 22 heavy (non-hydrogen) atoms. The number of aliphatic hydroxyl groups is 1. The van der Waals surface area contributed by atoms with Gasteiger partial charge in [0.2, 0.25) is 0 Å². The standard InChI is InChI=1S/C14H22O8/c1-5-10-12(20-8(3)16)11(6-19-7(2)15)22-14(18)13(10)21-9(4)17/h10-14,18H,5-6H2,1-4H3. The van der Waals surface area contributed by atoms with Crippen molar-refractivity contribution < 1.29 is 38.4 Å². The zero-order chi connectivity index (χ0) is 16.9. The Morgan fingerprint density at radius 1 is 1.00 bits per heavy atom. The van der Waals surface area contributed by atoms with Crippen LogP contribution in [0.4, 0.5) is 0 Å². The van der Waals surface area contributed by atoms with Crippen molar-refractivity contribution in [3.05, 3.63) is 0 Å². The molecule has 0 bridgehead atoms. The fourth-order valence-electron chi connectivity index (χ4n) is 2.50. The largest absolute Gasteiger partial charge is 0.463 e. The van der Waals surface area contributed by atoms with Gasteiger partial charge in [0.15, 0.2) is 12.4 Å². The first kappa shape index (κ1) is 18.4. The lowest BCUT2D eigenvalue weighted by atomic mass is 9.86. The Morgan fingerprint density at radius 3 is 2.00 bits per heavy atom. The van der Waals surface area contributed by atoms with Crippen LogP contribution in [-0.2, 0) is 33.3 Å². The molecule has 1 saturated heterocycles. The van der Waals surface area contributed by atoms with Crippen LogP contribution in [-0.4, -0.2) is 54.2 Å². The quantitative estimate of drug-likeness (QED) is 0.564. The molecule has 5 unspecified atom stereocenters.